The van der Waals surface area contributed by atoms with Crippen LogP contribution in [0, 0.1) is 0 Å². The van der Waals surface area contributed by atoms with Gasteiger partial charge < -0.3 is 21.9 Å². The van der Waals surface area contributed by atoms with E-state index in [1.807, 2.05) is 0 Å². The van der Waals surface area contributed by atoms with E-state index in [2.05, 4.69) is 20.0 Å². The maximum absolute atomic E-state index is 11.9. The molecule has 0 aromatic carbocycles. The number of carboxylic acids is 1. The summed E-state index contributed by atoms with van der Waals surface area (Å²) in [5, 5.41) is 44.4. The van der Waals surface area contributed by atoms with Gasteiger partial charge in [-0.3, -0.25) is 30.6 Å². The number of nitrogens with two attached hydrogens (primary N) is 2. The van der Waals surface area contributed by atoms with E-state index in [9.17, 15) is 9.59 Å². The Morgan fingerprint density at radius 3 is 2.26 bits per heavy atom. The number of carbonyl (C=O) groups is 2. The minimum absolute atomic E-state index is 0.0567. The first-order valence-corrected chi connectivity index (χ1v) is 7.84. The van der Waals surface area contributed by atoms with Crippen molar-refractivity contribution < 1.29 is 45.2 Å². The van der Waals surface area contributed by atoms with Crippen molar-refractivity contribution in [2.75, 3.05) is 13.2 Å². The first kappa shape index (κ1) is 24.9. The van der Waals surface area contributed by atoms with E-state index in [1.54, 1.807) is 0 Å². The molecule has 0 spiro atoms. The molecule has 1 amide bonds. The molecule has 0 bridgehead atoms. The molecule has 0 aliphatic heterocycles. The first-order chi connectivity index (χ1) is 12.6. The molecule has 0 fully saturated rings. The number of nitrogens with zero attached hydrogens (tertiary/aromatic N) is 3. The third-order valence-electron chi connectivity index (χ3n) is 3.13. The Bertz CT molecular complexity index is 472. The molecular formula is C12H26N6O9. The standard InChI is InChI=1S/C12H26N6O9/c13-12(14)15-6-2-4-9(11(20)21)16-10(19)5-1-3-8(27-18(24)25)7-26-17(22)23/h8-9,22-25H,1-7H2,(H,16,19)(H,20,21)(H4,13,14,15). The molecule has 0 aliphatic carbocycles. The van der Waals surface area contributed by atoms with Gasteiger partial charge in [0.15, 0.2) is 5.96 Å². The zero-order chi connectivity index (χ0) is 20.8. The van der Waals surface area contributed by atoms with Crippen LogP contribution in [-0.2, 0) is 19.3 Å². The topological polar surface area (TPSA) is 237 Å². The van der Waals surface area contributed by atoms with Gasteiger partial charge in [0.1, 0.15) is 18.8 Å². The van der Waals surface area contributed by atoms with Crippen LogP contribution in [0.4, 0.5) is 0 Å². The largest absolute Gasteiger partial charge is 0.480 e. The Kier molecular flexibility index (Phi) is 12.9. The van der Waals surface area contributed by atoms with E-state index in [1.165, 1.54) is 0 Å². The highest BCUT2D eigenvalue weighted by atomic mass is 17.1. The number of nitrogens with one attached hydrogen (secondary N) is 1. The fraction of sp³-hybridized carbons (Fsp3) is 0.750. The smallest absolute Gasteiger partial charge is 0.326 e. The lowest BCUT2D eigenvalue weighted by atomic mass is 10.1. The van der Waals surface area contributed by atoms with Crippen LogP contribution in [0.5, 0.6) is 0 Å². The third kappa shape index (κ3) is 14.7. The number of carbonyl (C=O) groups excluding carboxylic acids is 1. The van der Waals surface area contributed by atoms with Crippen molar-refractivity contribution >= 4 is 17.8 Å². The van der Waals surface area contributed by atoms with E-state index in [4.69, 9.17) is 37.4 Å². The summed E-state index contributed by atoms with van der Waals surface area (Å²) in [6.45, 7) is -0.235. The maximum Gasteiger partial charge on any atom is 0.326 e. The van der Waals surface area contributed by atoms with E-state index in [-0.39, 0.29) is 38.2 Å². The average Bonchev–Trinajstić information content (AvgIpc) is 2.54. The zero-order valence-corrected chi connectivity index (χ0v) is 14.5. The van der Waals surface area contributed by atoms with Gasteiger partial charge in [0.05, 0.1) is 10.8 Å². The molecular weight excluding hydrogens is 372 g/mol. The average molecular weight is 398 g/mol. The van der Waals surface area contributed by atoms with Gasteiger partial charge in [-0.2, -0.15) is 0 Å². The molecule has 158 valence electrons. The molecule has 15 nitrogen and oxygen atoms in total. The molecule has 2 atom stereocenters. The Balaban J connectivity index is 4.30. The Labute approximate surface area is 154 Å². The lowest BCUT2D eigenvalue weighted by molar-refractivity contribution is -0.527. The molecule has 27 heavy (non-hydrogen) atoms. The molecule has 0 aromatic heterocycles. The summed E-state index contributed by atoms with van der Waals surface area (Å²) in [6, 6.07) is -1.11. The summed E-state index contributed by atoms with van der Waals surface area (Å²) in [4.78, 5) is 35.5. The maximum atomic E-state index is 11.9. The second-order valence-corrected chi connectivity index (χ2v) is 5.33. The van der Waals surface area contributed by atoms with Crippen molar-refractivity contribution in [1.29, 1.82) is 0 Å². The Morgan fingerprint density at radius 1 is 1.07 bits per heavy atom. The summed E-state index contributed by atoms with van der Waals surface area (Å²) < 4.78 is 0. The van der Waals surface area contributed by atoms with Crippen LogP contribution in [0.15, 0.2) is 4.99 Å². The van der Waals surface area contributed by atoms with Crippen molar-refractivity contribution in [1.82, 2.24) is 16.1 Å². The van der Waals surface area contributed by atoms with Gasteiger partial charge in [0.2, 0.25) is 5.91 Å². The van der Waals surface area contributed by atoms with Gasteiger partial charge in [-0.25, -0.2) is 14.5 Å². The summed E-state index contributed by atoms with van der Waals surface area (Å²) in [7, 11) is 0. The van der Waals surface area contributed by atoms with Crippen LogP contribution in [0.25, 0.3) is 0 Å². The van der Waals surface area contributed by atoms with E-state index < -0.39 is 41.4 Å². The van der Waals surface area contributed by atoms with E-state index >= 15 is 0 Å². The molecule has 10 N–H and O–H groups in total. The fourth-order valence-electron chi connectivity index (χ4n) is 1.97. The quantitative estimate of drug-likeness (QED) is 0.0656. The molecule has 0 aromatic rings. The predicted molar refractivity (Wildman–Crippen MR) is 85.0 cm³/mol. The highest BCUT2D eigenvalue weighted by Crippen LogP contribution is 2.08. The molecule has 0 rings (SSSR count). The molecule has 0 saturated heterocycles. The number of rotatable bonds is 15. The molecule has 0 aliphatic rings. The molecule has 15 heteroatoms. The summed E-state index contributed by atoms with van der Waals surface area (Å²) in [5.74, 6) is -1.86. The van der Waals surface area contributed by atoms with E-state index in [0.29, 0.717) is 6.42 Å². The van der Waals surface area contributed by atoms with Gasteiger partial charge >= 0.3 is 5.97 Å². The molecule has 0 radical (unpaired) electrons. The number of hydrogen-bond donors (Lipinski definition) is 8. The van der Waals surface area contributed by atoms with Crippen LogP contribution in [0.1, 0.15) is 32.1 Å². The van der Waals surface area contributed by atoms with Crippen LogP contribution in [0.2, 0.25) is 0 Å². The number of amides is 1. The lowest BCUT2D eigenvalue weighted by Gasteiger charge is -2.19. The van der Waals surface area contributed by atoms with Crippen LogP contribution in [-0.4, -0.2) is 79.8 Å². The molecule has 0 saturated carbocycles. The second-order valence-electron chi connectivity index (χ2n) is 5.33. The zero-order valence-electron chi connectivity index (χ0n) is 14.5. The highest BCUT2D eigenvalue weighted by molar-refractivity contribution is 5.83. The van der Waals surface area contributed by atoms with Gasteiger partial charge in [0, 0.05) is 13.0 Å². The van der Waals surface area contributed by atoms with Crippen LogP contribution >= 0.6 is 0 Å². The Morgan fingerprint density at radius 2 is 1.74 bits per heavy atom. The monoisotopic (exact) mass is 398 g/mol. The van der Waals surface area contributed by atoms with Crippen molar-refractivity contribution in [2.24, 2.45) is 16.5 Å². The molecule has 2 unspecified atom stereocenters. The predicted octanol–water partition coefficient (Wildman–Crippen LogP) is -1.83. The van der Waals surface area contributed by atoms with Crippen molar-refractivity contribution in [2.45, 2.75) is 44.2 Å². The highest BCUT2D eigenvalue weighted by Gasteiger charge is 2.20. The molecule has 0 heterocycles. The normalized spacial score (nSPS) is 13.4. The van der Waals surface area contributed by atoms with E-state index in [0.717, 1.165) is 0 Å². The van der Waals surface area contributed by atoms with Crippen LogP contribution in [0.3, 0.4) is 0 Å². The number of aliphatic carboxylic acids is 1. The minimum Gasteiger partial charge on any atom is -0.480 e. The van der Waals surface area contributed by atoms with Gasteiger partial charge in [-0.15, -0.1) is 0 Å². The SMILES string of the molecule is NC(N)=NCCCC(NC(=O)CCCC(CON(O)O)ON(O)O)C(=O)O. The van der Waals surface area contributed by atoms with Gasteiger partial charge in [-0.1, -0.05) is 0 Å². The lowest BCUT2D eigenvalue weighted by Crippen LogP contribution is -2.41. The number of carboxylic acid groups (broad SMARTS) is 1. The number of guanidine groups is 1. The van der Waals surface area contributed by atoms with Crippen molar-refractivity contribution in [3.63, 3.8) is 0 Å². The van der Waals surface area contributed by atoms with Gasteiger partial charge in [-0.05, 0) is 25.7 Å². The summed E-state index contributed by atoms with van der Waals surface area (Å²) >= 11 is 0. The van der Waals surface area contributed by atoms with Gasteiger partial charge in [0.25, 0.3) is 0 Å². The van der Waals surface area contributed by atoms with Crippen LogP contribution < -0.4 is 16.8 Å². The van der Waals surface area contributed by atoms with Crippen molar-refractivity contribution in [3.8, 4) is 0 Å². The fourth-order valence-corrected chi connectivity index (χ4v) is 1.97. The first-order valence-electron chi connectivity index (χ1n) is 7.84. The number of aliphatic imine (C=N–C) groups is 1. The Hall–Kier alpha value is -2.11. The minimum atomic E-state index is -1.20. The summed E-state index contributed by atoms with van der Waals surface area (Å²) in [5.41, 5.74) is 10.3. The van der Waals surface area contributed by atoms with Crippen molar-refractivity contribution in [3.05, 3.63) is 0 Å². The second kappa shape index (κ2) is 14.0. The summed E-state index contributed by atoms with van der Waals surface area (Å²) in [6.07, 6.45) is -0.416. The third-order valence-corrected chi connectivity index (χ3v) is 3.13. The number of hydrogen-bond acceptors (Lipinski definition) is 11.